The zero-order valence-electron chi connectivity index (χ0n) is 11.6. The van der Waals surface area contributed by atoms with Gasteiger partial charge in [-0.2, -0.15) is 8.99 Å². The van der Waals surface area contributed by atoms with Gasteiger partial charge in [-0.05, 0) is 6.92 Å². The molecule has 0 fully saturated rings. The first-order valence-corrected chi connectivity index (χ1v) is 7.49. The van der Waals surface area contributed by atoms with Crippen molar-refractivity contribution in [1.82, 2.24) is 24.0 Å². The summed E-state index contributed by atoms with van der Waals surface area (Å²) in [4.78, 5) is 16.9. The van der Waals surface area contributed by atoms with Crippen molar-refractivity contribution in [2.45, 2.75) is 25.9 Å². The minimum atomic E-state index is -3.73. The molecule has 108 valence electrons. The fraction of sp³-hybridized carbons (Fsp3) is 0.700. The highest BCUT2D eigenvalue weighted by Gasteiger charge is 2.27. The summed E-state index contributed by atoms with van der Waals surface area (Å²) in [6.45, 7) is 6.42. The summed E-state index contributed by atoms with van der Waals surface area (Å²) in [5, 5.41) is 3.40. The van der Waals surface area contributed by atoms with Gasteiger partial charge in [-0.3, -0.25) is 0 Å². The van der Waals surface area contributed by atoms with Gasteiger partial charge in [0.1, 0.15) is 6.33 Å². The van der Waals surface area contributed by atoms with Crippen molar-refractivity contribution < 1.29 is 13.2 Å². The molecule has 8 nitrogen and oxygen atoms in total. The lowest BCUT2D eigenvalue weighted by molar-refractivity contribution is 0.209. The molecule has 19 heavy (non-hydrogen) atoms. The summed E-state index contributed by atoms with van der Waals surface area (Å²) < 4.78 is 26.4. The van der Waals surface area contributed by atoms with Gasteiger partial charge in [-0.15, -0.1) is 5.10 Å². The Morgan fingerprint density at radius 1 is 1.26 bits per heavy atom. The summed E-state index contributed by atoms with van der Waals surface area (Å²) in [5.41, 5.74) is 0. The van der Waals surface area contributed by atoms with E-state index in [0.29, 0.717) is 19.6 Å². The first-order valence-electron chi connectivity index (χ1n) is 6.05. The van der Waals surface area contributed by atoms with Gasteiger partial charge >= 0.3 is 6.03 Å². The molecule has 0 unspecified atom stereocenters. The number of carbonyl (C=O) groups excluding carboxylic acids is 1. The maximum absolute atomic E-state index is 12.1. The topological polar surface area (TPSA) is 88.4 Å². The lowest BCUT2D eigenvalue weighted by Crippen LogP contribution is -2.33. The second-order valence-corrected chi connectivity index (χ2v) is 5.69. The van der Waals surface area contributed by atoms with Crippen LogP contribution >= 0.6 is 0 Å². The molecule has 1 aromatic heterocycles. The number of rotatable bonds is 5. The van der Waals surface area contributed by atoms with E-state index in [9.17, 15) is 13.2 Å². The number of aromatic nitrogens is 3. The predicted molar refractivity (Wildman–Crippen MR) is 69.2 cm³/mol. The summed E-state index contributed by atoms with van der Waals surface area (Å²) in [6, 6.07) is -0.420. The summed E-state index contributed by atoms with van der Waals surface area (Å²) in [6.07, 6.45) is 1.12. The van der Waals surface area contributed by atoms with Gasteiger partial charge in [0.15, 0.2) is 0 Å². The molecule has 0 saturated carbocycles. The van der Waals surface area contributed by atoms with Crippen LogP contribution in [0.25, 0.3) is 0 Å². The number of hydrogen-bond donors (Lipinski definition) is 0. The molecular weight excluding hydrogens is 270 g/mol. The Kier molecular flexibility index (Phi) is 5.01. The van der Waals surface area contributed by atoms with Crippen molar-refractivity contribution in [3.05, 3.63) is 6.33 Å². The van der Waals surface area contributed by atoms with Crippen molar-refractivity contribution in [2.24, 2.45) is 0 Å². The highest BCUT2D eigenvalue weighted by atomic mass is 32.2. The van der Waals surface area contributed by atoms with E-state index in [-0.39, 0.29) is 5.16 Å². The Labute approximate surface area is 113 Å². The number of sulfonamides is 1. The summed E-state index contributed by atoms with van der Waals surface area (Å²) >= 11 is 0. The van der Waals surface area contributed by atoms with Crippen molar-refractivity contribution in [1.29, 1.82) is 0 Å². The quantitative estimate of drug-likeness (QED) is 0.774. The first kappa shape index (κ1) is 15.6. The first-order chi connectivity index (χ1) is 8.88. The highest BCUT2D eigenvalue weighted by Crippen LogP contribution is 2.10. The van der Waals surface area contributed by atoms with Crippen molar-refractivity contribution in [3.63, 3.8) is 0 Å². The Morgan fingerprint density at radius 2 is 1.84 bits per heavy atom. The summed E-state index contributed by atoms with van der Waals surface area (Å²) in [5.74, 6) is 0. The van der Waals surface area contributed by atoms with E-state index in [2.05, 4.69) is 10.1 Å². The highest BCUT2D eigenvalue weighted by molar-refractivity contribution is 7.88. The third-order valence-electron chi connectivity index (χ3n) is 2.74. The molecule has 0 radical (unpaired) electrons. The molecular formula is C10H19N5O3S. The van der Waals surface area contributed by atoms with Crippen molar-refractivity contribution in [3.8, 4) is 0 Å². The van der Waals surface area contributed by atoms with Crippen molar-refractivity contribution >= 4 is 16.1 Å². The van der Waals surface area contributed by atoms with E-state index in [4.69, 9.17) is 0 Å². The molecule has 1 amide bonds. The Balaban J connectivity index is 3.06. The largest absolute Gasteiger partial charge is 0.345 e. The zero-order valence-corrected chi connectivity index (χ0v) is 12.4. The lowest BCUT2D eigenvalue weighted by Gasteiger charge is -2.15. The van der Waals surface area contributed by atoms with Gasteiger partial charge in [0, 0.05) is 26.7 Å². The zero-order chi connectivity index (χ0) is 14.6. The third kappa shape index (κ3) is 3.10. The van der Waals surface area contributed by atoms with Crippen LogP contribution in [0.4, 0.5) is 4.79 Å². The SMILES string of the molecule is CCN(C)C(=O)n1cnc(S(=O)(=O)N(CC)CC)n1. The van der Waals surface area contributed by atoms with E-state index in [0.717, 1.165) is 11.0 Å². The van der Waals surface area contributed by atoms with Crippen LogP contribution in [-0.4, -0.2) is 65.1 Å². The fourth-order valence-electron chi connectivity index (χ4n) is 1.45. The van der Waals surface area contributed by atoms with E-state index in [1.807, 2.05) is 6.92 Å². The van der Waals surface area contributed by atoms with Gasteiger partial charge in [-0.1, -0.05) is 13.8 Å². The van der Waals surface area contributed by atoms with Crippen LogP contribution < -0.4 is 0 Å². The van der Waals surface area contributed by atoms with Crippen LogP contribution in [0, 0.1) is 0 Å². The second kappa shape index (κ2) is 6.11. The molecule has 0 spiro atoms. The number of amides is 1. The normalized spacial score (nSPS) is 11.8. The number of carbonyl (C=O) groups is 1. The van der Waals surface area contributed by atoms with Gasteiger partial charge in [-0.25, -0.2) is 18.2 Å². The fourth-order valence-corrected chi connectivity index (χ4v) is 2.73. The molecule has 1 aromatic rings. The predicted octanol–water partition coefficient (Wildman–Crippen LogP) is 0.228. The standard InChI is InChI=1S/C10H19N5O3S/c1-5-13(4)10(16)15-8-11-9(12-15)19(17,18)14(6-2)7-3/h8H,5-7H2,1-4H3. The second-order valence-electron chi connectivity index (χ2n) is 3.86. The maximum Gasteiger partial charge on any atom is 0.345 e. The monoisotopic (exact) mass is 289 g/mol. The molecule has 9 heteroatoms. The van der Waals surface area contributed by atoms with Gasteiger partial charge in [0.05, 0.1) is 0 Å². The van der Waals surface area contributed by atoms with Crippen LogP contribution in [0.1, 0.15) is 20.8 Å². The molecule has 0 bridgehead atoms. The average Bonchev–Trinajstić information content (AvgIpc) is 2.88. The molecule has 1 rings (SSSR count). The Bertz CT molecular complexity index is 535. The molecule has 0 aliphatic heterocycles. The minimum absolute atomic E-state index is 0.330. The minimum Gasteiger partial charge on any atom is -0.326 e. The third-order valence-corrected chi connectivity index (χ3v) is 4.59. The van der Waals surface area contributed by atoms with Crippen LogP contribution in [0.15, 0.2) is 11.5 Å². The van der Waals surface area contributed by atoms with E-state index < -0.39 is 16.1 Å². The molecule has 1 heterocycles. The van der Waals surface area contributed by atoms with E-state index in [1.54, 1.807) is 20.9 Å². The molecule has 0 atom stereocenters. The van der Waals surface area contributed by atoms with Gasteiger partial charge < -0.3 is 4.90 Å². The maximum atomic E-state index is 12.1. The average molecular weight is 289 g/mol. The number of nitrogens with zero attached hydrogens (tertiary/aromatic N) is 5. The van der Waals surface area contributed by atoms with Gasteiger partial charge in [0.2, 0.25) is 0 Å². The Hall–Kier alpha value is -1.48. The lowest BCUT2D eigenvalue weighted by atomic mass is 10.6. The van der Waals surface area contributed by atoms with Crippen molar-refractivity contribution in [2.75, 3.05) is 26.7 Å². The van der Waals surface area contributed by atoms with Crippen LogP contribution in [0.3, 0.4) is 0 Å². The molecule has 0 N–H and O–H groups in total. The van der Waals surface area contributed by atoms with E-state index >= 15 is 0 Å². The molecule has 0 aliphatic rings. The van der Waals surface area contributed by atoms with Crippen LogP contribution in [0.2, 0.25) is 0 Å². The number of hydrogen-bond acceptors (Lipinski definition) is 5. The molecule has 0 aliphatic carbocycles. The van der Waals surface area contributed by atoms with Crippen LogP contribution in [0.5, 0.6) is 0 Å². The van der Waals surface area contributed by atoms with Crippen LogP contribution in [-0.2, 0) is 10.0 Å². The smallest absolute Gasteiger partial charge is 0.326 e. The molecule has 0 aromatic carbocycles. The van der Waals surface area contributed by atoms with E-state index in [1.165, 1.54) is 9.21 Å². The van der Waals surface area contributed by atoms with Gasteiger partial charge in [0.25, 0.3) is 15.2 Å². The summed E-state index contributed by atoms with van der Waals surface area (Å²) in [7, 11) is -2.13. The molecule has 0 saturated heterocycles. The Morgan fingerprint density at radius 3 is 2.32 bits per heavy atom.